The van der Waals surface area contributed by atoms with Crippen LogP contribution >= 0.6 is 0 Å². The van der Waals surface area contributed by atoms with E-state index in [1.807, 2.05) is 18.7 Å². The van der Waals surface area contributed by atoms with Gasteiger partial charge in [0.15, 0.2) is 5.78 Å². The van der Waals surface area contributed by atoms with Crippen LogP contribution in [0.3, 0.4) is 0 Å². The van der Waals surface area contributed by atoms with Crippen LogP contribution in [0.1, 0.15) is 93.5 Å². The number of benzene rings is 1. The van der Waals surface area contributed by atoms with Gasteiger partial charge in [-0.1, -0.05) is 39.2 Å². The van der Waals surface area contributed by atoms with Crippen LogP contribution in [0.4, 0.5) is 4.39 Å². The smallest absolute Gasteiger partial charge is 0.254 e. The van der Waals surface area contributed by atoms with Gasteiger partial charge in [0.05, 0.1) is 18.2 Å². The third-order valence-corrected chi connectivity index (χ3v) is 7.88. The molecule has 2 amide bonds. The number of likely N-dealkylation sites (tertiary alicyclic amines) is 1. The van der Waals surface area contributed by atoms with E-state index in [9.17, 15) is 18.8 Å². The molecule has 1 heterocycles. The Morgan fingerprint density at radius 3 is 2.46 bits per heavy atom. The van der Waals surface area contributed by atoms with Crippen molar-refractivity contribution in [3.05, 3.63) is 35.1 Å². The standard InChI is InChI=1S/C28H40FN3O3/c1-18(2)27(34)26(19-7-4-3-5-8-19)31-28(35)23-15-20(10-13-24(23)29)21-9-6-14-32(17-21)25(33)16-30-22-11-12-22/h10,13,15,18-19,21-22,26,30H,3-9,11-12,14,16-17H2,1-2H3,(H,31,35)/t21?,26-/m1/s1. The molecule has 1 aliphatic heterocycles. The van der Waals surface area contributed by atoms with Gasteiger partial charge in [-0.3, -0.25) is 14.4 Å². The summed E-state index contributed by atoms with van der Waals surface area (Å²) in [6, 6.07) is 4.61. The predicted molar refractivity (Wildman–Crippen MR) is 134 cm³/mol. The molecule has 1 unspecified atom stereocenters. The largest absolute Gasteiger partial charge is 0.342 e. The first kappa shape index (κ1) is 25.8. The molecular weight excluding hydrogens is 445 g/mol. The number of hydrogen-bond donors (Lipinski definition) is 2. The maximum absolute atomic E-state index is 14.8. The van der Waals surface area contributed by atoms with E-state index < -0.39 is 17.8 Å². The van der Waals surface area contributed by atoms with E-state index in [0.29, 0.717) is 19.1 Å². The Bertz CT molecular complexity index is 924. The molecular formula is C28H40FN3O3. The summed E-state index contributed by atoms with van der Waals surface area (Å²) in [5.74, 6) is -1.01. The molecule has 2 atom stereocenters. The normalized spacial score (nSPS) is 22.2. The summed E-state index contributed by atoms with van der Waals surface area (Å²) in [7, 11) is 0. The average Bonchev–Trinajstić information content (AvgIpc) is 3.70. The Kier molecular flexibility index (Phi) is 8.58. The summed E-state index contributed by atoms with van der Waals surface area (Å²) in [5, 5.41) is 6.19. The lowest BCUT2D eigenvalue weighted by Crippen LogP contribution is -2.48. The maximum atomic E-state index is 14.8. The van der Waals surface area contributed by atoms with Gasteiger partial charge in [-0.2, -0.15) is 0 Å². The number of carbonyl (C=O) groups is 3. The zero-order chi connectivity index (χ0) is 24.9. The fourth-order valence-electron chi connectivity index (χ4n) is 5.54. The molecule has 1 saturated heterocycles. The van der Waals surface area contributed by atoms with Gasteiger partial charge < -0.3 is 15.5 Å². The molecule has 0 aromatic heterocycles. The molecule has 7 heteroatoms. The van der Waals surface area contributed by atoms with E-state index in [4.69, 9.17) is 0 Å². The topological polar surface area (TPSA) is 78.5 Å². The molecule has 1 aromatic carbocycles. The number of piperidine rings is 1. The highest BCUT2D eigenvalue weighted by Crippen LogP contribution is 2.30. The number of Topliss-reactive ketones (excluding diaryl/α,β-unsaturated/α-hetero) is 1. The highest BCUT2D eigenvalue weighted by atomic mass is 19.1. The molecule has 6 nitrogen and oxygen atoms in total. The predicted octanol–water partition coefficient (Wildman–Crippen LogP) is 4.19. The van der Waals surface area contributed by atoms with Crippen molar-refractivity contribution in [1.29, 1.82) is 0 Å². The number of amides is 2. The molecule has 35 heavy (non-hydrogen) atoms. The van der Waals surface area contributed by atoms with Gasteiger partial charge in [0.25, 0.3) is 5.91 Å². The quantitative estimate of drug-likeness (QED) is 0.550. The highest BCUT2D eigenvalue weighted by Gasteiger charge is 2.33. The molecule has 1 aromatic rings. The monoisotopic (exact) mass is 485 g/mol. The van der Waals surface area contributed by atoms with Crippen molar-refractivity contribution in [3.8, 4) is 0 Å². The fraction of sp³-hybridized carbons (Fsp3) is 0.679. The number of carbonyl (C=O) groups excluding carboxylic acids is 3. The van der Waals surface area contributed by atoms with Crippen molar-refractivity contribution in [3.63, 3.8) is 0 Å². The average molecular weight is 486 g/mol. The number of hydrogen-bond acceptors (Lipinski definition) is 4. The highest BCUT2D eigenvalue weighted by molar-refractivity contribution is 5.98. The Hall–Kier alpha value is -2.28. The first-order valence-electron chi connectivity index (χ1n) is 13.5. The summed E-state index contributed by atoms with van der Waals surface area (Å²) in [6.45, 7) is 5.37. The van der Waals surface area contributed by atoms with Crippen molar-refractivity contribution >= 4 is 17.6 Å². The molecule has 0 bridgehead atoms. The SMILES string of the molecule is CC(C)C(=O)[C@H](NC(=O)c1cc(C2CCCN(C(=O)CNC3CC3)C2)ccc1F)C1CCCCC1. The summed E-state index contributed by atoms with van der Waals surface area (Å²) in [4.78, 5) is 40.7. The zero-order valence-electron chi connectivity index (χ0n) is 21.2. The Morgan fingerprint density at radius 2 is 1.77 bits per heavy atom. The van der Waals surface area contributed by atoms with Crippen LogP contribution in [-0.2, 0) is 9.59 Å². The molecule has 3 aliphatic rings. The zero-order valence-corrected chi connectivity index (χ0v) is 21.2. The lowest BCUT2D eigenvalue weighted by molar-refractivity contribution is -0.131. The fourth-order valence-corrected chi connectivity index (χ4v) is 5.54. The molecule has 2 N–H and O–H groups in total. The van der Waals surface area contributed by atoms with Crippen molar-refractivity contribution in [2.24, 2.45) is 11.8 Å². The minimum absolute atomic E-state index is 0.0151. The van der Waals surface area contributed by atoms with E-state index in [0.717, 1.165) is 69.9 Å². The van der Waals surface area contributed by atoms with Crippen LogP contribution in [0.5, 0.6) is 0 Å². The number of rotatable bonds is 9. The third-order valence-electron chi connectivity index (χ3n) is 7.88. The third kappa shape index (κ3) is 6.69. The van der Waals surface area contributed by atoms with Crippen LogP contribution < -0.4 is 10.6 Å². The van der Waals surface area contributed by atoms with Gasteiger partial charge in [-0.15, -0.1) is 0 Å². The summed E-state index contributed by atoms with van der Waals surface area (Å²) in [6.07, 6.45) is 9.14. The van der Waals surface area contributed by atoms with Gasteiger partial charge in [0.1, 0.15) is 5.82 Å². The summed E-state index contributed by atoms with van der Waals surface area (Å²) >= 11 is 0. The van der Waals surface area contributed by atoms with Gasteiger partial charge in [0, 0.05) is 31.0 Å². The second-order valence-corrected chi connectivity index (χ2v) is 11.0. The van der Waals surface area contributed by atoms with Crippen LogP contribution in [0.25, 0.3) is 0 Å². The van der Waals surface area contributed by atoms with Gasteiger partial charge in [-0.05, 0) is 62.1 Å². The summed E-state index contributed by atoms with van der Waals surface area (Å²) in [5.41, 5.74) is 0.854. The number of halogens is 1. The Morgan fingerprint density at radius 1 is 1.03 bits per heavy atom. The minimum atomic E-state index is -0.581. The lowest BCUT2D eigenvalue weighted by atomic mass is 9.80. The van der Waals surface area contributed by atoms with Crippen LogP contribution in [0, 0.1) is 17.7 Å². The molecule has 0 spiro atoms. The Labute approximate surface area is 208 Å². The Balaban J connectivity index is 1.45. The molecule has 0 radical (unpaired) electrons. The lowest BCUT2D eigenvalue weighted by Gasteiger charge is -2.33. The van der Waals surface area contributed by atoms with Crippen molar-refractivity contribution in [2.45, 2.75) is 89.6 Å². The molecule has 2 aliphatic carbocycles. The van der Waals surface area contributed by atoms with Crippen molar-refractivity contribution in [2.75, 3.05) is 19.6 Å². The van der Waals surface area contributed by atoms with Crippen LogP contribution in [0.2, 0.25) is 0 Å². The first-order chi connectivity index (χ1) is 16.8. The van der Waals surface area contributed by atoms with E-state index >= 15 is 0 Å². The van der Waals surface area contributed by atoms with E-state index in [-0.39, 0.29) is 35.0 Å². The molecule has 192 valence electrons. The number of ketones is 1. The van der Waals surface area contributed by atoms with Gasteiger partial charge in [-0.25, -0.2) is 4.39 Å². The summed E-state index contributed by atoms with van der Waals surface area (Å²) < 4.78 is 14.8. The minimum Gasteiger partial charge on any atom is -0.342 e. The van der Waals surface area contributed by atoms with Gasteiger partial charge >= 0.3 is 0 Å². The number of nitrogens with zero attached hydrogens (tertiary/aromatic N) is 1. The van der Waals surface area contributed by atoms with E-state index in [1.165, 1.54) is 6.07 Å². The van der Waals surface area contributed by atoms with Gasteiger partial charge in [0.2, 0.25) is 5.91 Å². The molecule has 4 rings (SSSR count). The molecule has 3 fully saturated rings. The maximum Gasteiger partial charge on any atom is 0.254 e. The first-order valence-corrected chi connectivity index (χ1v) is 13.5. The second-order valence-electron chi connectivity index (χ2n) is 11.0. The van der Waals surface area contributed by atoms with Crippen LogP contribution in [-0.4, -0.2) is 54.2 Å². The second kappa shape index (κ2) is 11.6. The van der Waals surface area contributed by atoms with E-state index in [1.54, 1.807) is 12.1 Å². The molecule has 2 saturated carbocycles. The van der Waals surface area contributed by atoms with Crippen molar-refractivity contribution in [1.82, 2.24) is 15.5 Å². The van der Waals surface area contributed by atoms with E-state index in [2.05, 4.69) is 10.6 Å². The number of nitrogens with one attached hydrogen (secondary N) is 2. The van der Waals surface area contributed by atoms with Crippen LogP contribution in [0.15, 0.2) is 18.2 Å². The van der Waals surface area contributed by atoms with Crippen molar-refractivity contribution < 1.29 is 18.8 Å².